The number of hydrogen-bond donors (Lipinski definition) is 1. The van der Waals surface area contributed by atoms with Crippen molar-refractivity contribution in [1.82, 2.24) is 10.3 Å². The van der Waals surface area contributed by atoms with Crippen molar-refractivity contribution in [3.8, 4) is 11.5 Å². The Labute approximate surface area is 130 Å². The summed E-state index contributed by atoms with van der Waals surface area (Å²) in [4.78, 5) is 4.27. The fraction of sp³-hybridized carbons (Fsp3) is 0.357. The number of hydrogen-bond acceptors (Lipinski definition) is 5. The molecule has 1 aliphatic heterocycles. The summed E-state index contributed by atoms with van der Waals surface area (Å²) in [5, 5.41) is 5.52. The van der Waals surface area contributed by atoms with Crippen molar-refractivity contribution in [1.29, 1.82) is 0 Å². The van der Waals surface area contributed by atoms with Crippen molar-refractivity contribution in [3.63, 3.8) is 0 Å². The van der Waals surface area contributed by atoms with Crippen LogP contribution in [0.1, 0.15) is 24.2 Å². The summed E-state index contributed by atoms with van der Waals surface area (Å²) >= 11 is 5.22. The van der Waals surface area contributed by atoms with Crippen LogP contribution in [0.2, 0.25) is 0 Å². The molecular weight excluding hydrogens is 340 g/mol. The normalized spacial score (nSPS) is 15.1. The molecule has 0 spiro atoms. The maximum Gasteiger partial charge on any atom is 0.162 e. The quantitative estimate of drug-likeness (QED) is 0.911. The van der Waals surface area contributed by atoms with Crippen LogP contribution >= 0.6 is 27.3 Å². The van der Waals surface area contributed by atoms with Gasteiger partial charge in [-0.2, -0.15) is 0 Å². The Kier molecular flexibility index (Phi) is 4.24. The van der Waals surface area contributed by atoms with Crippen LogP contribution < -0.4 is 14.8 Å². The first-order valence-electron chi connectivity index (χ1n) is 6.43. The Hall–Kier alpha value is -1.11. The van der Waals surface area contributed by atoms with E-state index in [4.69, 9.17) is 9.47 Å². The van der Waals surface area contributed by atoms with E-state index in [1.807, 2.05) is 17.6 Å². The minimum absolute atomic E-state index is 0.196. The molecule has 1 unspecified atom stereocenters. The topological polar surface area (TPSA) is 43.4 Å². The second kappa shape index (κ2) is 6.11. The van der Waals surface area contributed by atoms with E-state index in [1.54, 1.807) is 11.3 Å². The molecule has 2 heterocycles. The van der Waals surface area contributed by atoms with Gasteiger partial charge in [0.15, 0.2) is 11.5 Å². The Morgan fingerprint density at radius 2 is 2.10 bits per heavy atom. The van der Waals surface area contributed by atoms with Crippen LogP contribution in [0.4, 0.5) is 0 Å². The lowest BCUT2D eigenvalue weighted by Gasteiger charge is -2.22. The third-order valence-corrected chi connectivity index (χ3v) is 4.52. The monoisotopic (exact) mass is 354 g/mol. The number of nitrogens with zero attached hydrogens (tertiary/aromatic N) is 1. The van der Waals surface area contributed by atoms with E-state index in [0.717, 1.165) is 33.8 Å². The summed E-state index contributed by atoms with van der Waals surface area (Å²) in [6, 6.07) is 4.21. The molecule has 0 saturated carbocycles. The van der Waals surface area contributed by atoms with Gasteiger partial charge in [-0.15, -0.1) is 11.3 Å². The Bertz CT molecular complexity index is 589. The average Bonchev–Trinajstić information content (AvgIpc) is 2.97. The van der Waals surface area contributed by atoms with Crippen LogP contribution in [-0.4, -0.2) is 18.2 Å². The van der Waals surface area contributed by atoms with Crippen molar-refractivity contribution >= 4 is 27.3 Å². The zero-order valence-electron chi connectivity index (χ0n) is 11.1. The van der Waals surface area contributed by atoms with Crippen LogP contribution in [0.3, 0.4) is 0 Å². The second-order valence-corrected chi connectivity index (χ2v) is 6.17. The Morgan fingerprint density at radius 3 is 2.80 bits per heavy atom. The molecule has 1 aromatic heterocycles. The summed E-state index contributed by atoms with van der Waals surface area (Å²) in [6.45, 7) is 4.10. The van der Waals surface area contributed by atoms with Gasteiger partial charge in [0.2, 0.25) is 0 Å². The molecule has 0 fully saturated rings. The van der Waals surface area contributed by atoms with Gasteiger partial charge >= 0.3 is 0 Å². The third-order valence-electron chi connectivity index (χ3n) is 3.20. The van der Waals surface area contributed by atoms with Crippen molar-refractivity contribution in [3.05, 3.63) is 38.8 Å². The highest BCUT2D eigenvalue weighted by atomic mass is 79.9. The van der Waals surface area contributed by atoms with Gasteiger partial charge < -0.3 is 14.8 Å². The molecule has 1 aliphatic rings. The maximum absolute atomic E-state index is 5.64. The highest BCUT2D eigenvalue weighted by Gasteiger charge is 2.17. The van der Waals surface area contributed by atoms with Gasteiger partial charge in [0.1, 0.15) is 13.2 Å². The smallest absolute Gasteiger partial charge is 0.162 e. The van der Waals surface area contributed by atoms with E-state index < -0.39 is 0 Å². The molecule has 0 saturated heterocycles. The first-order chi connectivity index (χ1) is 9.74. The van der Waals surface area contributed by atoms with E-state index in [-0.39, 0.29) is 6.04 Å². The summed E-state index contributed by atoms with van der Waals surface area (Å²) in [6.07, 6.45) is 0. The lowest BCUT2D eigenvalue weighted by molar-refractivity contribution is 0.171. The first-order valence-corrected chi connectivity index (χ1v) is 8.17. The van der Waals surface area contributed by atoms with Crippen LogP contribution in [0.5, 0.6) is 11.5 Å². The fourth-order valence-corrected chi connectivity index (χ4v) is 3.33. The van der Waals surface area contributed by atoms with Gasteiger partial charge in [-0.3, -0.25) is 0 Å². The molecule has 4 nitrogen and oxygen atoms in total. The largest absolute Gasteiger partial charge is 0.486 e. The first kappa shape index (κ1) is 13.9. The molecule has 1 atom stereocenters. The van der Waals surface area contributed by atoms with Gasteiger partial charge in [0.05, 0.1) is 11.2 Å². The Morgan fingerprint density at radius 1 is 1.35 bits per heavy atom. The van der Waals surface area contributed by atoms with Gasteiger partial charge in [-0.05, 0) is 24.6 Å². The van der Waals surface area contributed by atoms with Gasteiger partial charge in [-0.25, -0.2) is 4.98 Å². The molecule has 1 aromatic carbocycles. The van der Waals surface area contributed by atoms with Crippen LogP contribution in [-0.2, 0) is 6.54 Å². The van der Waals surface area contributed by atoms with E-state index in [0.29, 0.717) is 13.2 Å². The van der Waals surface area contributed by atoms with Gasteiger partial charge in [0, 0.05) is 22.4 Å². The minimum atomic E-state index is 0.196. The SMILES string of the molecule is CC(NCc1cscn1)c1cc2c(cc1Br)OCCO2. The summed E-state index contributed by atoms with van der Waals surface area (Å²) in [7, 11) is 0. The molecule has 106 valence electrons. The lowest BCUT2D eigenvalue weighted by atomic mass is 10.1. The second-order valence-electron chi connectivity index (χ2n) is 4.60. The zero-order chi connectivity index (χ0) is 13.9. The molecule has 0 bridgehead atoms. The van der Waals surface area contributed by atoms with Crippen molar-refractivity contribution < 1.29 is 9.47 Å². The molecule has 3 rings (SSSR count). The van der Waals surface area contributed by atoms with E-state index in [1.165, 1.54) is 0 Å². The van der Waals surface area contributed by atoms with Crippen LogP contribution in [0.15, 0.2) is 27.5 Å². The molecule has 0 amide bonds. The number of benzene rings is 1. The number of halogens is 1. The van der Waals surface area contributed by atoms with Gasteiger partial charge in [-0.1, -0.05) is 15.9 Å². The van der Waals surface area contributed by atoms with E-state index in [9.17, 15) is 0 Å². The predicted octanol–water partition coefficient (Wildman–Crippen LogP) is 3.53. The third kappa shape index (κ3) is 2.97. The minimum Gasteiger partial charge on any atom is -0.486 e. The highest BCUT2D eigenvalue weighted by Crippen LogP contribution is 2.37. The predicted molar refractivity (Wildman–Crippen MR) is 82.5 cm³/mol. The summed E-state index contributed by atoms with van der Waals surface area (Å²) in [5.74, 6) is 1.62. The number of aromatic nitrogens is 1. The van der Waals surface area contributed by atoms with E-state index >= 15 is 0 Å². The molecule has 1 N–H and O–H groups in total. The van der Waals surface area contributed by atoms with Crippen molar-refractivity contribution in [2.75, 3.05) is 13.2 Å². The molecular formula is C14H15BrN2O2S. The molecule has 6 heteroatoms. The number of rotatable bonds is 4. The number of nitrogens with one attached hydrogen (secondary N) is 1. The summed E-state index contributed by atoms with van der Waals surface area (Å²) in [5.41, 5.74) is 4.07. The Balaban J connectivity index is 1.75. The highest BCUT2D eigenvalue weighted by molar-refractivity contribution is 9.10. The molecule has 0 aliphatic carbocycles. The van der Waals surface area contributed by atoms with Crippen LogP contribution in [0, 0.1) is 0 Å². The molecule has 0 radical (unpaired) electrons. The van der Waals surface area contributed by atoms with Gasteiger partial charge in [0.25, 0.3) is 0 Å². The van der Waals surface area contributed by atoms with E-state index in [2.05, 4.69) is 38.5 Å². The zero-order valence-corrected chi connectivity index (χ0v) is 13.5. The standard InChI is InChI=1S/C14H15BrN2O2S/c1-9(16-6-10-7-20-8-17-10)11-4-13-14(5-12(11)15)19-3-2-18-13/h4-5,7-9,16H,2-3,6H2,1H3. The number of fused-ring (bicyclic) bond motifs is 1. The summed E-state index contributed by atoms with van der Waals surface area (Å²) < 4.78 is 12.2. The van der Waals surface area contributed by atoms with Crippen LogP contribution in [0.25, 0.3) is 0 Å². The number of thiazole rings is 1. The number of ether oxygens (including phenoxy) is 2. The van der Waals surface area contributed by atoms with Crippen molar-refractivity contribution in [2.45, 2.75) is 19.5 Å². The molecule has 20 heavy (non-hydrogen) atoms. The van der Waals surface area contributed by atoms with Crippen molar-refractivity contribution in [2.24, 2.45) is 0 Å². The fourth-order valence-electron chi connectivity index (χ4n) is 2.10. The average molecular weight is 355 g/mol. The molecule has 2 aromatic rings. The lowest BCUT2D eigenvalue weighted by Crippen LogP contribution is -2.20. The maximum atomic E-state index is 5.64.